The van der Waals surface area contributed by atoms with Crippen LogP contribution in [-0.2, 0) is 12.2 Å². The van der Waals surface area contributed by atoms with Gasteiger partial charge in [-0.3, -0.25) is 0 Å². The largest absolute Gasteiger partial charge is 0.444 e. The van der Waals surface area contributed by atoms with E-state index in [0.717, 1.165) is 10.7 Å². The summed E-state index contributed by atoms with van der Waals surface area (Å²) in [6.45, 7) is 1.96. The van der Waals surface area contributed by atoms with Crippen LogP contribution in [0.1, 0.15) is 22.3 Å². The van der Waals surface area contributed by atoms with Crippen molar-refractivity contribution in [2.24, 2.45) is 0 Å². The SMILES string of the molecule is Cc1nc(Cc2nnc(SCc3coc(-c4cccc(F)c4)n3)o2)cs1. The molecular weight excluding hydrogens is 375 g/mol. The fourth-order valence-electron chi connectivity index (χ4n) is 2.28. The molecule has 3 heterocycles. The van der Waals surface area contributed by atoms with Gasteiger partial charge in [0, 0.05) is 16.7 Å². The smallest absolute Gasteiger partial charge is 0.276 e. The van der Waals surface area contributed by atoms with Crippen molar-refractivity contribution in [2.45, 2.75) is 24.3 Å². The van der Waals surface area contributed by atoms with E-state index in [-0.39, 0.29) is 5.82 Å². The zero-order valence-electron chi connectivity index (χ0n) is 13.7. The molecule has 0 amide bonds. The van der Waals surface area contributed by atoms with Crippen LogP contribution in [0.3, 0.4) is 0 Å². The van der Waals surface area contributed by atoms with Gasteiger partial charge in [0.25, 0.3) is 5.22 Å². The first-order chi connectivity index (χ1) is 12.7. The van der Waals surface area contributed by atoms with Crippen LogP contribution in [0.2, 0.25) is 0 Å². The lowest BCUT2D eigenvalue weighted by Gasteiger charge is -1.94. The summed E-state index contributed by atoms with van der Waals surface area (Å²) in [4.78, 5) is 8.74. The third-order valence-corrected chi connectivity index (χ3v) is 5.09. The lowest BCUT2D eigenvalue weighted by Crippen LogP contribution is -1.88. The molecule has 0 saturated heterocycles. The molecule has 1 aromatic carbocycles. The second kappa shape index (κ2) is 7.38. The van der Waals surface area contributed by atoms with Gasteiger partial charge in [0.2, 0.25) is 11.8 Å². The average molecular weight is 388 g/mol. The van der Waals surface area contributed by atoms with Crippen molar-refractivity contribution >= 4 is 23.1 Å². The van der Waals surface area contributed by atoms with E-state index in [0.29, 0.717) is 40.4 Å². The summed E-state index contributed by atoms with van der Waals surface area (Å²) >= 11 is 2.96. The molecule has 26 heavy (non-hydrogen) atoms. The Bertz CT molecular complexity index is 1030. The first-order valence-corrected chi connectivity index (χ1v) is 9.59. The van der Waals surface area contributed by atoms with Crippen molar-refractivity contribution in [1.29, 1.82) is 0 Å². The number of aromatic nitrogens is 4. The van der Waals surface area contributed by atoms with E-state index in [9.17, 15) is 4.39 Å². The zero-order chi connectivity index (χ0) is 17.9. The van der Waals surface area contributed by atoms with Gasteiger partial charge >= 0.3 is 0 Å². The number of thiazole rings is 1. The van der Waals surface area contributed by atoms with Crippen LogP contribution in [0.4, 0.5) is 4.39 Å². The van der Waals surface area contributed by atoms with E-state index < -0.39 is 0 Å². The molecule has 0 atom stereocenters. The number of nitrogens with zero attached hydrogens (tertiary/aromatic N) is 4. The van der Waals surface area contributed by atoms with Gasteiger partial charge < -0.3 is 8.83 Å². The monoisotopic (exact) mass is 388 g/mol. The minimum absolute atomic E-state index is 0.328. The molecule has 4 rings (SSSR count). The van der Waals surface area contributed by atoms with Gasteiger partial charge in [-0.15, -0.1) is 21.5 Å². The molecule has 3 aromatic heterocycles. The number of thioether (sulfide) groups is 1. The lowest BCUT2D eigenvalue weighted by atomic mass is 10.2. The minimum atomic E-state index is -0.328. The molecule has 0 bridgehead atoms. The first kappa shape index (κ1) is 16.9. The first-order valence-electron chi connectivity index (χ1n) is 7.72. The maximum absolute atomic E-state index is 13.3. The number of hydrogen-bond acceptors (Lipinski definition) is 8. The van der Waals surface area contributed by atoms with Crippen molar-refractivity contribution < 1.29 is 13.2 Å². The number of benzene rings is 1. The molecule has 0 aliphatic heterocycles. The van der Waals surface area contributed by atoms with Crippen molar-refractivity contribution in [3.63, 3.8) is 0 Å². The molecule has 0 unspecified atom stereocenters. The Labute approximate surface area is 156 Å². The Hall–Kier alpha value is -2.52. The summed E-state index contributed by atoms with van der Waals surface area (Å²) < 4.78 is 24.3. The highest BCUT2D eigenvalue weighted by Crippen LogP contribution is 2.25. The minimum Gasteiger partial charge on any atom is -0.444 e. The van der Waals surface area contributed by atoms with E-state index in [2.05, 4.69) is 20.2 Å². The van der Waals surface area contributed by atoms with E-state index in [1.165, 1.54) is 23.9 Å². The van der Waals surface area contributed by atoms with Crippen LogP contribution in [0.5, 0.6) is 0 Å². The van der Waals surface area contributed by atoms with Crippen LogP contribution in [0, 0.1) is 12.7 Å². The molecule has 0 aliphatic rings. The molecule has 9 heteroatoms. The Kier molecular flexibility index (Phi) is 4.81. The summed E-state index contributed by atoms with van der Waals surface area (Å²) in [6, 6.07) is 6.12. The van der Waals surface area contributed by atoms with Crippen molar-refractivity contribution in [3.05, 3.63) is 64.0 Å². The maximum atomic E-state index is 13.3. The third kappa shape index (κ3) is 4.00. The Morgan fingerprint density at radius 2 is 2.12 bits per heavy atom. The third-order valence-electron chi connectivity index (χ3n) is 3.41. The average Bonchev–Trinajstić information content (AvgIpc) is 3.35. The Morgan fingerprint density at radius 3 is 2.92 bits per heavy atom. The standard InChI is InChI=1S/C17H13FN4O2S2/c1-10-19-13(8-25-10)6-15-21-22-17(24-15)26-9-14-7-23-16(20-14)11-3-2-4-12(18)5-11/h2-5,7-8H,6,9H2,1H3. The van der Waals surface area contributed by atoms with Gasteiger partial charge in [-0.2, -0.15) is 0 Å². The van der Waals surface area contributed by atoms with E-state index in [1.54, 1.807) is 29.7 Å². The predicted molar refractivity (Wildman–Crippen MR) is 95.4 cm³/mol. The molecule has 132 valence electrons. The Morgan fingerprint density at radius 1 is 1.19 bits per heavy atom. The van der Waals surface area contributed by atoms with Gasteiger partial charge in [-0.25, -0.2) is 14.4 Å². The summed E-state index contributed by atoms with van der Waals surface area (Å²) in [6.07, 6.45) is 2.06. The highest BCUT2D eigenvalue weighted by molar-refractivity contribution is 7.98. The summed E-state index contributed by atoms with van der Waals surface area (Å²) in [5.74, 6) is 1.09. The highest BCUT2D eigenvalue weighted by Gasteiger charge is 2.12. The van der Waals surface area contributed by atoms with Crippen LogP contribution in [0.15, 0.2) is 50.0 Å². The lowest BCUT2D eigenvalue weighted by molar-refractivity contribution is 0.419. The molecule has 4 aromatic rings. The van der Waals surface area contributed by atoms with Crippen molar-refractivity contribution in [3.8, 4) is 11.5 Å². The fraction of sp³-hybridized carbons (Fsp3) is 0.176. The topological polar surface area (TPSA) is 77.8 Å². The number of halogens is 1. The number of oxazole rings is 1. The molecule has 0 spiro atoms. The fourth-order valence-corrected chi connectivity index (χ4v) is 3.55. The highest BCUT2D eigenvalue weighted by atomic mass is 32.2. The van der Waals surface area contributed by atoms with E-state index in [4.69, 9.17) is 8.83 Å². The summed E-state index contributed by atoms with van der Waals surface area (Å²) in [7, 11) is 0. The van der Waals surface area contributed by atoms with Gasteiger partial charge in [-0.1, -0.05) is 17.8 Å². The summed E-state index contributed by atoms with van der Waals surface area (Å²) in [5, 5.41) is 11.5. The van der Waals surface area contributed by atoms with Crippen molar-refractivity contribution in [1.82, 2.24) is 20.2 Å². The van der Waals surface area contributed by atoms with Gasteiger partial charge in [0.05, 0.1) is 22.8 Å². The zero-order valence-corrected chi connectivity index (χ0v) is 15.3. The van der Waals surface area contributed by atoms with Gasteiger partial charge in [0.15, 0.2) is 0 Å². The van der Waals surface area contributed by atoms with Gasteiger partial charge in [-0.05, 0) is 25.1 Å². The summed E-state index contributed by atoms with van der Waals surface area (Å²) in [5.41, 5.74) is 2.23. The maximum Gasteiger partial charge on any atom is 0.276 e. The quantitative estimate of drug-likeness (QED) is 0.450. The Balaban J connectivity index is 1.37. The van der Waals surface area contributed by atoms with Gasteiger partial charge in [0.1, 0.15) is 12.1 Å². The van der Waals surface area contributed by atoms with E-state index >= 15 is 0 Å². The van der Waals surface area contributed by atoms with Crippen LogP contribution >= 0.6 is 23.1 Å². The normalized spacial score (nSPS) is 11.2. The molecule has 6 nitrogen and oxygen atoms in total. The molecule has 0 radical (unpaired) electrons. The van der Waals surface area contributed by atoms with Crippen LogP contribution in [0.25, 0.3) is 11.5 Å². The molecule has 0 aliphatic carbocycles. The van der Waals surface area contributed by atoms with Crippen LogP contribution < -0.4 is 0 Å². The second-order valence-electron chi connectivity index (χ2n) is 5.44. The van der Waals surface area contributed by atoms with E-state index in [1.807, 2.05) is 12.3 Å². The van der Waals surface area contributed by atoms with Crippen LogP contribution in [-0.4, -0.2) is 20.2 Å². The number of hydrogen-bond donors (Lipinski definition) is 0. The number of aryl methyl sites for hydroxylation is 1. The predicted octanol–water partition coefficient (Wildman–Crippen LogP) is 4.51. The molecule has 0 saturated carbocycles. The van der Waals surface area contributed by atoms with Crippen molar-refractivity contribution in [2.75, 3.05) is 0 Å². The molecule has 0 N–H and O–H groups in total. The molecular formula is C17H13FN4O2S2. The number of rotatable bonds is 6. The molecule has 0 fully saturated rings. The second-order valence-corrected chi connectivity index (χ2v) is 7.43.